The molecule has 0 aromatic heterocycles. The summed E-state index contributed by atoms with van der Waals surface area (Å²) in [4.78, 5) is 9.91. The fraction of sp³-hybridized carbons (Fsp3) is 0.800. The van der Waals surface area contributed by atoms with E-state index in [2.05, 4.69) is 0 Å². The van der Waals surface area contributed by atoms with Crippen LogP contribution in [-0.2, 0) is 4.79 Å². The predicted molar refractivity (Wildman–Crippen MR) is 26.6 cm³/mol. The molecule has 0 saturated carbocycles. The third kappa shape index (κ3) is 2.31. The second-order valence-electron chi connectivity index (χ2n) is 2.33. The summed E-state index contributed by atoms with van der Waals surface area (Å²) in [6.45, 7) is -0.469. The van der Waals surface area contributed by atoms with E-state index in [-0.39, 0.29) is 0 Å². The lowest BCUT2D eigenvalue weighted by atomic mass is 10.0. The van der Waals surface area contributed by atoms with E-state index in [4.69, 9.17) is 0 Å². The lowest BCUT2D eigenvalue weighted by Gasteiger charge is -2.22. The molecule has 0 bridgehead atoms. The molecule has 0 saturated heterocycles. The Hall–Kier alpha value is -0.820. The standard InChI is InChI=1S/C5H3F7O/c1-3(6,5(10,11)12)2(13)4(7,8)9/h1H3. The number of ketones is 1. The van der Waals surface area contributed by atoms with E-state index in [1.807, 2.05) is 0 Å². The summed E-state index contributed by atoms with van der Waals surface area (Å²) in [5.74, 6) is -3.45. The molecule has 1 unspecified atom stereocenters. The first kappa shape index (κ1) is 12.2. The fourth-order valence-corrected chi connectivity index (χ4v) is 0.395. The molecular formula is C5H3F7O. The Bertz CT molecular complexity index is 210. The smallest absolute Gasteiger partial charge is 0.285 e. The van der Waals surface area contributed by atoms with Crippen LogP contribution in [0.2, 0.25) is 0 Å². The Labute approximate surface area is 67.5 Å². The second-order valence-corrected chi connectivity index (χ2v) is 2.33. The number of rotatable bonds is 1. The van der Waals surface area contributed by atoms with Gasteiger partial charge in [0.05, 0.1) is 0 Å². The van der Waals surface area contributed by atoms with Gasteiger partial charge in [-0.2, -0.15) is 26.3 Å². The van der Waals surface area contributed by atoms with E-state index in [0.29, 0.717) is 0 Å². The molecule has 0 N–H and O–H groups in total. The van der Waals surface area contributed by atoms with Crippen LogP contribution in [0.4, 0.5) is 30.7 Å². The Balaban J connectivity index is 4.98. The zero-order chi connectivity index (χ0) is 11.1. The summed E-state index contributed by atoms with van der Waals surface area (Å²) in [5, 5.41) is 0. The van der Waals surface area contributed by atoms with Crippen LogP contribution in [0, 0.1) is 0 Å². The summed E-state index contributed by atoms with van der Waals surface area (Å²) >= 11 is 0. The van der Waals surface area contributed by atoms with Gasteiger partial charge in [-0.05, 0) is 6.92 Å². The van der Waals surface area contributed by atoms with Crippen LogP contribution in [0.1, 0.15) is 6.92 Å². The molecule has 78 valence electrons. The highest BCUT2D eigenvalue weighted by atomic mass is 19.4. The zero-order valence-electron chi connectivity index (χ0n) is 6.05. The average Bonchev–Trinajstić information content (AvgIpc) is 1.81. The van der Waals surface area contributed by atoms with Crippen molar-refractivity contribution in [2.75, 3.05) is 0 Å². The quantitative estimate of drug-likeness (QED) is 0.610. The topological polar surface area (TPSA) is 17.1 Å². The van der Waals surface area contributed by atoms with Crippen LogP contribution in [0.5, 0.6) is 0 Å². The van der Waals surface area contributed by atoms with E-state index in [1.165, 1.54) is 0 Å². The maximum atomic E-state index is 12.3. The highest BCUT2D eigenvalue weighted by Gasteiger charge is 2.65. The first-order chi connectivity index (χ1) is 5.40. The van der Waals surface area contributed by atoms with Gasteiger partial charge in [-0.1, -0.05) is 0 Å². The van der Waals surface area contributed by atoms with E-state index in [1.54, 1.807) is 0 Å². The van der Waals surface area contributed by atoms with Gasteiger partial charge in [0.1, 0.15) is 0 Å². The van der Waals surface area contributed by atoms with Crippen LogP contribution >= 0.6 is 0 Å². The van der Waals surface area contributed by atoms with Crippen molar-refractivity contribution >= 4 is 5.78 Å². The van der Waals surface area contributed by atoms with Crippen molar-refractivity contribution in [1.82, 2.24) is 0 Å². The number of Topliss-reactive ketones (excluding diaryl/α,β-unsaturated/α-hetero) is 1. The SMILES string of the molecule is CC(F)(C(=O)C(F)(F)F)C(F)(F)F. The lowest BCUT2D eigenvalue weighted by molar-refractivity contribution is -0.241. The van der Waals surface area contributed by atoms with E-state index < -0.39 is 30.7 Å². The molecule has 0 aliphatic rings. The molecule has 13 heavy (non-hydrogen) atoms. The van der Waals surface area contributed by atoms with Crippen molar-refractivity contribution < 1.29 is 35.5 Å². The predicted octanol–water partition coefficient (Wildman–Crippen LogP) is 2.41. The van der Waals surface area contributed by atoms with Gasteiger partial charge in [0.2, 0.25) is 0 Å². The summed E-state index contributed by atoms with van der Waals surface area (Å²) in [7, 11) is 0. The lowest BCUT2D eigenvalue weighted by Crippen LogP contribution is -2.51. The van der Waals surface area contributed by atoms with Crippen LogP contribution in [0.25, 0.3) is 0 Å². The maximum absolute atomic E-state index is 12.3. The van der Waals surface area contributed by atoms with Gasteiger partial charge < -0.3 is 0 Å². The minimum absolute atomic E-state index is 0.469. The summed E-state index contributed by atoms with van der Waals surface area (Å²) in [6.07, 6.45) is -11.7. The summed E-state index contributed by atoms with van der Waals surface area (Å²) in [6, 6.07) is 0. The Morgan fingerprint density at radius 1 is 0.923 bits per heavy atom. The highest BCUT2D eigenvalue weighted by Crippen LogP contribution is 2.38. The Kier molecular flexibility index (Phi) is 2.67. The zero-order valence-corrected chi connectivity index (χ0v) is 6.05. The largest absolute Gasteiger partial charge is 0.453 e. The molecule has 0 aliphatic carbocycles. The third-order valence-electron chi connectivity index (χ3n) is 1.22. The highest BCUT2D eigenvalue weighted by molar-refractivity contribution is 5.92. The number of hydrogen-bond acceptors (Lipinski definition) is 1. The molecule has 0 aromatic rings. The normalized spacial score (nSPS) is 18.2. The second kappa shape index (κ2) is 2.85. The number of carbonyl (C=O) groups excluding carboxylic acids is 1. The third-order valence-corrected chi connectivity index (χ3v) is 1.22. The van der Waals surface area contributed by atoms with E-state index in [9.17, 15) is 35.5 Å². The molecule has 0 fully saturated rings. The van der Waals surface area contributed by atoms with Crippen molar-refractivity contribution in [2.45, 2.75) is 24.9 Å². The number of alkyl halides is 7. The number of hydrogen-bond donors (Lipinski definition) is 0. The summed E-state index contributed by atoms with van der Waals surface area (Å²) in [5.41, 5.74) is -4.88. The van der Waals surface area contributed by atoms with E-state index in [0.717, 1.165) is 0 Å². The Morgan fingerprint density at radius 3 is 1.31 bits per heavy atom. The minimum atomic E-state index is -5.86. The summed E-state index contributed by atoms with van der Waals surface area (Å²) < 4.78 is 81.0. The molecule has 1 nitrogen and oxygen atoms in total. The molecule has 0 amide bonds. The molecule has 8 heteroatoms. The first-order valence-corrected chi connectivity index (χ1v) is 2.78. The molecule has 0 aromatic carbocycles. The molecule has 1 atom stereocenters. The molecular weight excluding hydrogens is 209 g/mol. The van der Waals surface area contributed by atoms with Crippen LogP contribution in [0.15, 0.2) is 0 Å². The van der Waals surface area contributed by atoms with Crippen LogP contribution < -0.4 is 0 Å². The average molecular weight is 212 g/mol. The van der Waals surface area contributed by atoms with Crippen molar-refractivity contribution in [3.05, 3.63) is 0 Å². The number of carbonyl (C=O) groups is 1. The first-order valence-electron chi connectivity index (χ1n) is 2.78. The van der Waals surface area contributed by atoms with Gasteiger partial charge >= 0.3 is 12.4 Å². The molecule has 0 aliphatic heterocycles. The van der Waals surface area contributed by atoms with Crippen molar-refractivity contribution in [3.8, 4) is 0 Å². The van der Waals surface area contributed by atoms with Crippen LogP contribution in [-0.4, -0.2) is 23.8 Å². The fourth-order valence-electron chi connectivity index (χ4n) is 0.395. The van der Waals surface area contributed by atoms with Gasteiger partial charge in [0.15, 0.2) is 0 Å². The van der Waals surface area contributed by atoms with Gasteiger partial charge in [-0.3, -0.25) is 4.79 Å². The monoisotopic (exact) mass is 212 g/mol. The molecule has 0 spiro atoms. The molecule has 0 rings (SSSR count). The van der Waals surface area contributed by atoms with Crippen molar-refractivity contribution in [2.24, 2.45) is 0 Å². The van der Waals surface area contributed by atoms with Gasteiger partial charge in [-0.25, -0.2) is 4.39 Å². The van der Waals surface area contributed by atoms with Gasteiger partial charge in [0.25, 0.3) is 11.5 Å². The number of halogens is 7. The maximum Gasteiger partial charge on any atom is 0.453 e. The van der Waals surface area contributed by atoms with Gasteiger partial charge in [0, 0.05) is 0 Å². The Morgan fingerprint density at radius 2 is 1.23 bits per heavy atom. The minimum Gasteiger partial charge on any atom is -0.285 e. The van der Waals surface area contributed by atoms with Crippen molar-refractivity contribution in [1.29, 1.82) is 0 Å². The van der Waals surface area contributed by atoms with Crippen LogP contribution in [0.3, 0.4) is 0 Å². The van der Waals surface area contributed by atoms with E-state index >= 15 is 0 Å². The molecule has 0 heterocycles. The molecule has 0 radical (unpaired) electrons. The van der Waals surface area contributed by atoms with Crippen molar-refractivity contribution in [3.63, 3.8) is 0 Å². The van der Waals surface area contributed by atoms with Gasteiger partial charge in [-0.15, -0.1) is 0 Å².